The van der Waals surface area contributed by atoms with Gasteiger partial charge in [0.25, 0.3) is 17.5 Å². The minimum Gasteiger partial charge on any atom is -0.497 e. The summed E-state index contributed by atoms with van der Waals surface area (Å²) in [5, 5.41) is 17.4. The summed E-state index contributed by atoms with van der Waals surface area (Å²) < 4.78 is 19.4. The number of non-ortho nitro benzene ring substituents is 1. The molecule has 4 rings (SSSR count). The number of benzene rings is 3. The van der Waals surface area contributed by atoms with Gasteiger partial charge in [-0.25, -0.2) is 4.39 Å². The van der Waals surface area contributed by atoms with Crippen molar-refractivity contribution in [3.63, 3.8) is 0 Å². The number of nitrogens with one attached hydrogen (secondary N) is 2. The second kappa shape index (κ2) is 12.2. The zero-order chi connectivity index (χ0) is 30.8. The Morgan fingerprint density at radius 1 is 1.14 bits per heavy atom. The van der Waals surface area contributed by atoms with Crippen LogP contribution in [0.1, 0.15) is 64.2 Å². The number of ether oxygens (including phenoxy) is 1. The number of hydrogen-bond acceptors (Lipinski definition) is 6. The van der Waals surface area contributed by atoms with E-state index in [0.717, 1.165) is 29.8 Å². The summed E-state index contributed by atoms with van der Waals surface area (Å²) in [6.07, 6.45) is 0.108. The number of halogens is 2. The second-order valence-electron chi connectivity index (χ2n) is 10.9. The molecule has 10 nitrogen and oxygen atoms in total. The first-order valence-corrected chi connectivity index (χ1v) is 13.5. The number of hydrogen-bond donors (Lipinski definition) is 2. The van der Waals surface area contributed by atoms with Crippen LogP contribution in [0.25, 0.3) is 0 Å². The van der Waals surface area contributed by atoms with E-state index in [2.05, 4.69) is 10.6 Å². The number of fused-ring (bicyclic) bond motifs is 1. The van der Waals surface area contributed by atoms with E-state index in [-0.39, 0.29) is 41.2 Å². The molecular weight excluding hydrogens is 567 g/mol. The van der Waals surface area contributed by atoms with Crippen molar-refractivity contribution in [3.05, 3.63) is 103 Å². The lowest BCUT2D eigenvalue weighted by atomic mass is 9.90. The molecule has 42 heavy (non-hydrogen) atoms. The first-order chi connectivity index (χ1) is 19.8. The van der Waals surface area contributed by atoms with Gasteiger partial charge in [0.05, 0.1) is 23.2 Å². The van der Waals surface area contributed by atoms with Crippen LogP contribution in [0.2, 0.25) is 5.02 Å². The largest absolute Gasteiger partial charge is 0.497 e. The molecule has 220 valence electrons. The molecule has 1 aliphatic heterocycles. The minimum absolute atomic E-state index is 0.0137. The maximum Gasteiger partial charge on any atom is 0.271 e. The van der Waals surface area contributed by atoms with Gasteiger partial charge in [0.2, 0.25) is 5.91 Å². The molecule has 0 fully saturated rings. The van der Waals surface area contributed by atoms with Gasteiger partial charge in [-0.05, 0) is 68.7 Å². The van der Waals surface area contributed by atoms with Crippen molar-refractivity contribution in [1.82, 2.24) is 15.5 Å². The molecule has 12 heteroatoms. The van der Waals surface area contributed by atoms with Crippen molar-refractivity contribution in [2.24, 2.45) is 0 Å². The molecular formula is C30H30ClFN4O6. The molecule has 3 aromatic rings. The Bertz CT molecular complexity index is 1550. The zero-order valence-corrected chi connectivity index (χ0v) is 24.3. The molecule has 0 aromatic heterocycles. The van der Waals surface area contributed by atoms with E-state index in [4.69, 9.17) is 16.3 Å². The molecule has 0 spiro atoms. The number of rotatable bonds is 8. The van der Waals surface area contributed by atoms with E-state index in [1.54, 1.807) is 45.0 Å². The van der Waals surface area contributed by atoms with Crippen LogP contribution in [0, 0.1) is 15.9 Å². The SMILES string of the molecule is COc1ccc(CNC(=O)c2cc([N+](=O)[O-])cc3c2CCN(C(C(=O)NC(C)(C)C)c2cc(F)ccc2Cl)C3=O)cc1. The van der Waals surface area contributed by atoms with Crippen LogP contribution >= 0.6 is 11.6 Å². The first kappa shape index (κ1) is 30.4. The minimum atomic E-state index is -1.33. The predicted molar refractivity (Wildman–Crippen MR) is 154 cm³/mol. The quantitative estimate of drug-likeness (QED) is 0.279. The van der Waals surface area contributed by atoms with E-state index in [1.165, 1.54) is 18.1 Å². The number of methoxy groups -OCH3 is 1. The zero-order valence-electron chi connectivity index (χ0n) is 23.5. The third kappa shape index (κ3) is 6.68. The molecule has 0 aliphatic carbocycles. The summed E-state index contributed by atoms with van der Waals surface area (Å²) in [6, 6.07) is 11.4. The topological polar surface area (TPSA) is 131 Å². The number of carbonyl (C=O) groups excluding carboxylic acids is 3. The number of nitrogens with zero attached hydrogens (tertiary/aromatic N) is 2. The van der Waals surface area contributed by atoms with Crippen LogP contribution in [-0.2, 0) is 17.8 Å². The van der Waals surface area contributed by atoms with E-state index >= 15 is 0 Å². The van der Waals surface area contributed by atoms with Gasteiger partial charge >= 0.3 is 0 Å². The van der Waals surface area contributed by atoms with Crippen LogP contribution in [0.4, 0.5) is 10.1 Å². The number of nitro groups is 1. The molecule has 1 aliphatic rings. The fraction of sp³-hybridized carbons (Fsp3) is 0.300. The van der Waals surface area contributed by atoms with Crippen molar-refractivity contribution < 1.29 is 28.4 Å². The van der Waals surface area contributed by atoms with Gasteiger partial charge in [-0.2, -0.15) is 0 Å². The van der Waals surface area contributed by atoms with E-state index in [0.29, 0.717) is 11.3 Å². The summed E-state index contributed by atoms with van der Waals surface area (Å²) in [6.45, 7) is 5.36. The Hall–Kier alpha value is -4.51. The summed E-state index contributed by atoms with van der Waals surface area (Å²) in [4.78, 5) is 53.0. The lowest BCUT2D eigenvalue weighted by molar-refractivity contribution is -0.384. The highest BCUT2D eigenvalue weighted by Gasteiger charge is 2.39. The van der Waals surface area contributed by atoms with E-state index < -0.39 is 45.7 Å². The van der Waals surface area contributed by atoms with Crippen molar-refractivity contribution >= 4 is 35.0 Å². The molecule has 1 heterocycles. The molecule has 1 atom stereocenters. The summed E-state index contributed by atoms with van der Waals surface area (Å²) in [5.74, 6) is -1.93. The van der Waals surface area contributed by atoms with Crippen molar-refractivity contribution in [2.45, 2.75) is 45.3 Å². The molecule has 0 radical (unpaired) electrons. The van der Waals surface area contributed by atoms with Gasteiger partial charge in [-0.1, -0.05) is 23.7 Å². The van der Waals surface area contributed by atoms with Gasteiger partial charge in [0.1, 0.15) is 17.6 Å². The smallest absolute Gasteiger partial charge is 0.271 e. The lowest BCUT2D eigenvalue weighted by Crippen LogP contribution is -2.51. The normalized spacial score (nSPS) is 13.7. The maximum absolute atomic E-state index is 14.3. The standard InChI is InChI=1S/C30H30ClFN4O6/c1-30(2,3)34-28(38)26(24-13-18(32)7-10-25(24)31)35-12-11-21-22(14-19(36(40)41)15-23(21)29(35)39)27(37)33-16-17-5-8-20(42-4)9-6-17/h5-10,13-15,26H,11-12,16H2,1-4H3,(H,33,37)(H,34,38). The molecule has 0 bridgehead atoms. The van der Waals surface area contributed by atoms with E-state index in [9.17, 15) is 28.9 Å². The Kier molecular flexibility index (Phi) is 8.81. The number of carbonyl (C=O) groups is 3. The van der Waals surface area contributed by atoms with Crippen LogP contribution in [0.5, 0.6) is 5.75 Å². The Morgan fingerprint density at radius 2 is 1.83 bits per heavy atom. The molecule has 2 N–H and O–H groups in total. The lowest BCUT2D eigenvalue weighted by Gasteiger charge is -2.37. The Balaban J connectivity index is 1.72. The first-order valence-electron chi connectivity index (χ1n) is 13.1. The van der Waals surface area contributed by atoms with Crippen molar-refractivity contribution in [3.8, 4) is 5.75 Å². The predicted octanol–water partition coefficient (Wildman–Crippen LogP) is 4.98. The highest BCUT2D eigenvalue weighted by molar-refractivity contribution is 6.31. The van der Waals surface area contributed by atoms with Gasteiger partial charge in [-0.15, -0.1) is 0 Å². The van der Waals surface area contributed by atoms with Crippen LogP contribution in [-0.4, -0.2) is 46.7 Å². The molecule has 0 saturated heterocycles. The van der Waals surface area contributed by atoms with Gasteiger partial charge in [0, 0.05) is 41.3 Å². The van der Waals surface area contributed by atoms with Crippen LogP contribution in [0.15, 0.2) is 54.6 Å². The summed E-state index contributed by atoms with van der Waals surface area (Å²) >= 11 is 6.38. The average molecular weight is 597 g/mol. The Labute approximate surface area is 246 Å². The molecule has 0 saturated carbocycles. The van der Waals surface area contributed by atoms with Crippen LogP contribution in [0.3, 0.4) is 0 Å². The second-order valence-corrected chi connectivity index (χ2v) is 11.3. The molecule has 3 aromatic carbocycles. The van der Waals surface area contributed by atoms with Gasteiger partial charge < -0.3 is 20.3 Å². The number of nitro benzene ring substituents is 1. The van der Waals surface area contributed by atoms with Crippen LogP contribution < -0.4 is 15.4 Å². The fourth-order valence-corrected chi connectivity index (χ4v) is 5.01. The van der Waals surface area contributed by atoms with Gasteiger partial charge in [0.15, 0.2) is 0 Å². The monoisotopic (exact) mass is 596 g/mol. The average Bonchev–Trinajstić information content (AvgIpc) is 2.93. The number of amides is 3. The molecule has 3 amide bonds. The highest BCUT2D eigenvalue weighted by atomic mass is 35.5. The highest BCUT2D eigenvalue weighted by Crippen LogP contribution is 2.35. The fourth-order valence-electron chi connectivity index (χ4n) is 4.79. The third-order valence-electron chi connectivity index (χ3n) is 6.71. The molecule has 1 unspecified atom stereocenters. The van der Waals surface area contributed by atoms with Gasteiger partial charge in [-0.3, -0.25) is 24.5 Å². The van der Waals surface area contributed by atoms with Crippen molar-refractivity contribution in [2.75, 3.05) is 13.7 Å². The summed E-state index contributed by atoms with van der Waals surface area (Å²) in [5.41, 5.74) is -0.109. The Morgan fingerprint density at radius 3 is 2.45 bits per heavy atom. The maximum atomic E-state index is 14.3. The summed E-state index contributed by atoms with van der Waals surface area (Å²) in [7, 11) is 1.54. The third-order valence-corrected chi connectivity index (χ3v) is 7.05. The van der Waals surface area contributed by atoms with E-state index in [1.807, 2.05) is 0 Å². The van der Waals surface area contributed by atoms with Crippen molar-refractivity contribution in [1.29, 1.82) is 0 Å².